The Morgan fingerprint density at radius 3 is 2.40 bits per heavy atom. The number of hydrogen-bond acceptors (Lipinski definition) is 7. The number of aliphatic hydroxyl groups excluding tert-OH is 1. The smallest absolute Gasteiger partial charge is 0.310 e. The molecule has 2 unspecified atom stereocenters. The first-order valence-corrected chi connectivity index (χ1v) is 11.5. The van der Waals surface area contributed by atoms with Crippen LogP contribution in [-0.2, 0) is 23.9 Å². The summed E-state index contributed by atoms with van der Waals surface area (Å²) in [6, 6.07) is 5.06. The number of carbonyl (C=O) groups excluding carboxylic acids is 5. The van der Waals surface area contributed by atoms with Crippen molar-refractivity contribution in [1.29, 1.82) is 0 Å². The van der Waals surface area contributed by atoms with E-state index in [2.05, 4.69) is 15.4 Å². The largest absolute Gasteiger partial charge is 0.434 e. The Morgan fingerprint density at radius 1 is 1.03 bits per heavy atom. The van der Waals surface area contributed by atoms with E-state index in [-0.39, 0.29) is 31.8 Å². The van der Waals surface area contributed by atoms with Crippen molar-refractivity contribution in [3.8, 4) is 0 Å². The SMILES string of the molecule is CC(=O)N1C[C@@H]2C/C=C\C[C@H](NC(=O)c3ccccc3)C(=O)N2[C@H](C(=O)NC2CC(=O)OC2O)C1. The van der Waals surface area contributed by atoms with Crippen LogP contribution in [0.2, 0.25) is 0 Å². The number of nitrogens with one attached hydrogen (secondary N) is 2. The average Bonchev–Trinajstić information content (AvgIpc) is 3.15. The van der Waals surface area contributed by atoms with Gasteiger partial charge in [-0.1, -0.05) is 30.4 Å². The fourth-order valence-corrected chi connectivity index (χ4v) is 4.62. The van der Waals surface area contributed by atoms with Crippen molar-refractivity contribution < 1.29 is 33.8 Å². The highest BCUT2D eigenvalue weighted by molar-refractivity contribution is 5.99. The first-order chi connectivity index (χ1) is 16.7. The molecule has 2 saturated heterocycles. The molecule has 0 saturated carbocycles. The van der Waals surface area contributed by atoms with E-state index in [4.69, 9.17) is 0 Å². The first kappa shape index (κ1) is 24.4. The van der Waals surface area contributed by atoms with Gasteiger partial charge < -0.3 is 30.3 Å². The van der Waals surface area contributed by atoms with E-state index in [9.17, 15) is 29.1 Å². The minimum atomic E-state index is -1.49. The van der Waals surface area contributed by atoms with Crippen LogP contribution in [0.4, 0.5) is 0 Å². The molecule has 3 aliphatic heterocycles. The molecule has 35 heavy (non-hydrogen) atoms. The number of piperazine rings is 1. The zero-order chi connectivity index (χ0) is 25.1. The normalized spacial score (nSPS) is 29.4. The summed E-state index contributed by atoms with van der Waals surface area (Å²) in [6.45, 7) is 1.58. The van der Waals surface area contributed by atoms with Gasteiger partial charge in [0.1, 0.15) is 18.1 Å². The summed E-state index contributed by atoms with van der Waals surface area (Å²) < 4.78 is 4.69. The van der Waals surface area contributed by atoms with Crippen LogP contribution < -0.4 is 10.6 Å². The maximum atomic E-state index is 13.7. The standard InChI is InChI=1S/C24H28N4O7/c1-14(29)27-12-16-9-5-6-10-17(25-21(31)15-7-3-2-4-8-15)23(33)28(16)19(13-27)22(32)26-18-11-20(30)35-24(18)34/h2-8,16-19,24,34H,9-13H2,1H3,(H,25,31)(H,26,32)/b6-5-/t16-,17-,18?,19-,24?/m0/s1. The number of fused-ring (bicyclic) bond motifs is 1. The minimum Gasteiger partial charge on any atom is -0.434 e. The second-order valence-corrected chi connectivity index (χ2v) is 8.87. The van der Waals surface area contributed by atoms with E-state index in [1.165, 1.54) is 16.7 Å². The Hall–Kier alpha value is -3.73. The zero-order valence-corrected chi connectivity index (χ0v) is 19.3. The third kappa shape index (κ3) is 5.35. The molecule has 4 rings (SSSR count). The van der Waals surface area contributed by atoms with E-state index >= 15 is 0 Å². The number of aliphatic hydroxyl groups is 1. The van der Waals surface area contributed by atoms with Crippen LogP contribution in [0.1, 0.15) is 36.5 Å². The molecule has 4 amide bonds. The Kier molecular flexibility index (Phi) is 7.15. The van der Waals surface area contributed by atoms with Crippen molar-refractivity contribution in [2.75, 3.05) is 13.1 Å². The van der Waals surface area contributed by atoms with Gasteiger partial charge >= 0.3 is 5.97 Å². The van der Waals surface area contributed by atoms with Gasteiger partial charge in [-0.3, -0.25) is 24.0 Å². The highest BCUT2D eigenvalue weighted by atomic mass is 16.6. The summed E-state index contributed by atoms with van der Waals surface area (Å²) in [7, 11) is 0. The van der Waals surface area contributed by atoms with Gasteiger partial charge in [0.25, 0.3) is 5.91 Å². The van der Waals surface area contributed by atoms with Crippen molar-refractivity contribution >= 4 is 29.6 Å². The maximum Gasteiger partial charge on any atom is 0.310 e. The van der Waals surface area contributed by atoms with Crippen LogP contribution >= 0.6 is 0 Å². The molecule has 0 aromatic heterocycles. The molecule has 11 heteroatoms. The zero-order valence-electron chi connectivity index (χ0n) is 19.3. The van der Waals surface area contributed by atoms with E-state index < -0.39 is 54.1 Å². The molecular weight excluding hydrogens is 456 g/mol. The van der Waals surface area contributed by atoms with Crippen LogP contribution in [0.5, 0.6) is 0 Å². The van der Waals surface area contributed by atoms with Gasteiger partial charge in [0.15, 0.2) is 0 Å². The number of carbonyl (C=O) groups is 5. The molecule has 3 aliphatic rings. The van der Waals surface area contributed by atoms with Crippen molar-refractivity contribution in [1.82, 2.24) is 20.4 Å². The van der Waals surface area contributed by atoms with Crippen LogP contribution in [0, 0.1) is 0 Å². The average molecular weight is 485 g/mol. The lowest BCUT2D eigenvalue weighted by Crippen LogP contribution is -2.68. The predicted molar refractivity (Wildman–Crippen MR) is 121 cm³/mol. The van der Waals surface area contributed by atoms with E-state index in [0.717, 1.165) is 0 Å². The van der Waals surface area contributed by atoms with Crippen LogP contribution in [0.15, 0.2) is 42.5 Å². The molecule has 3 N–H and O–H groups in total. The summed E-state index contributed by atoms with van der Waals surface area (Å²) in [6.07, 6.45) is 2.66. The Balaban J connectivity index is 1.59. The molecule has 186 valence electrons. The van der Waals surface area contributed by atoms with Gasteiger partial charge in [-0.15, -0.1) is 0 Å². The molecule has 3 heterocycles. The van der Waals surface area contributed by atoms with E-state index in [0.29, 0.717) is 12.0 Å². The number of amides is 4. The molecule has 0 aliphatic carbocycles. The van der Waals surface area contributed by atoms with Crippen molar-refractivity contribution in [2.45, 2.75) is 56.6 Å². The molecule has 0 bridgehead atoms. The van der Waals surface area contributed by atoms with Gasteiger partial charge in [-0.05, 0) is 25.0 Å². The molecule has 2 fully saturated rings. The number of cyclic esters (lactones) is 1. The van der Waals surface area contributed by atoms with Crippen molar-refractivity contribution in [3.05, 3.63) is 48.0 Å². The summed E-state index contributed by atoms with van der Waals surface area (Å²) in [5.41, 5.74) is 0.401. The maximum absolute atomic E-state index is 13.7. The third-order valence-electron chi connectivity index (χ3n) is 6.45. The van der Waals surface area contributed by atoms with Gasteiger partial charge in [-0.25, -0.2) is 0 Å². The highest BCUT2D eigenvalue weighted by Crippen LogP contribution is 2.24. The van der Waals surface area contributed by atoms with Gasteiger partial charge in [0.05, 0.1) is 19.0 Å². The van der Waals surface area contributed by atoms with Crippen molar-refractivity contribution in [2.24, 2.45) is 0 Å². The third-order valence-corrected chi connectivity index (χ3v) is 6.45. The molecule has 11 nitrogen and oxygen atoms in total. The second kappa shape index (κ2) is 10.3. The molecule has 1 aromatic carbocycles. The number of ether oxygens (including phenoxy) is 1. The molecule has 0 spiro atoms. The van der Waals surface area contributed by atoms with E-state index in [1.54, 1.807) is 30.3 Å². The number of esters is 1. The Bertz CT molecular complexity index is 1040. The monoisotopic (exact) mass is 484 g/mol. The first-order valence-electron chi connectivity index (χ1n) is 11.5. The molecule has 0 radical (unpaired) electrons. The fraction of sp³-hybridized carbons (Fsp3) is 0.458. The van der Waals surface area contributed by atoms with Crippen molar-refractivity contribution in [3.63, 3.8) is 0 Å². The van der Waals surface area contributed by atoms with E-state index in [1.807, 2.05) is 12.2 Å². The van der Waals surface area contributed by atoms with Gasteiger partial charge in [0, 0.05) is 19.0 Å². The number of nitrogens with zero attached hydrogens (tertiary/aromatic N) is 2. The Labute approximate surface area is 202 Å². The number of rotatable bonds is 4. The highest BCUT2D eigenvalue weighted by Gasteiger charge is 2.45. The van der Waals surface area contributed by atoms with Gasteiger partial charge in [0.2, 0.25) is 24.0 Å². The van der Waals surface area contributed by atoms with Crippen LogP contribution in [0.25, 0.3) is 0 Å². The lowest BCUT2D eigenvalue weighted by molar-refractivity contribution is -0.157. The number of benzene rings is 1. The summed E-state index contributed by atoms with van der Waals surface area (Å²) >= 11 is 0. The fourth-order valence-electron chi connectivity index (χ4n) is 4.62. The summed E-state index contributed by atoms with van der Waals surface area (Å²) in [5.74, 6) is -2.36. The molecular formula is C24H28N4O7. The number of hydrogen-bond donors (Lipinski definition) is 3. The van der Waals surface area contributed by atoms with Crippen LogP contribution in [0.3, 0.4) is 0 Å². The summed E-state index contributed by atoms with van der Waals surface area (Å²) in [4.78, 5) is 66.4. The quantitative estimate of drug-likeness (QED) is 0.379. The minimum absolute atomic E-state index is 0.0515. The van der Waals surface area contributed by atoms with Crippen LogP contribution in [-0.4, -0.2) is 88.1 Å². The lowest BCUT2D eigenvalue weighted by Gasteiger charge is -2.47. The second-order valence-electron chi connectivity index (χ2n) is 8.87. The Morgan fingerprint density at radius 2 is 1.74 bits per heavy atom. The summed E-state index contributed by atoms with van der Waals surface area (Å²) in [5, 5.41) is 15.3. The molecule has 5 atom stereocenters. The predicted octanol–water partition coefficient (Wildman–Crippen LogP) is -0.687. The lowest BCUT2D eigenvalue weighted by atomic mass is 9.96. The topological polar surface area (TPSA) is 145 Å². The molecule has 1 aromatic rings. The van der Waals surface area contributed by atoms with Gasteiger partial charge in [-0.2, -0.15) is 0 Å².